The van der Waals surface area contributed by atoms with Crippen LogP contribution in [0.25, 0.3) is 0 Å². The molecule has 0 aliphatic rings. The molecule has 1 aromatic rings. The molecule has 17 heavy (non-hydrogen) atoms. The van der Waals surface area contributed by atoms with Gasteiger partial charge in [0.25, 0.3) is 0 Å². The van der Waals surface area contributed by atoms with Crippen LogP contribution in [0.15, 0.2) is 11.3 Å². The molecule has 0 aromatic carbocycles. The summed E-state index contributed by atoms with van der Waals surface area (Å²) in [5, 5.41) is 40.4. The van der Waals surface area contributed by atoms with Crippen molar-refractivity contribution in [1.82, 2.24) is 9.97 Å². The van der Waals surface area contributed by atoms with E-state index in [4.69, 9.17) is 10.9 Å². The van der Waals surface area contributed by atoms with Crippen LogP contribution in [0.5, 0.6) is 0 Å². The molecule has 0 unspecified atom stereocenters. The third-order valence-electron chi connectivity index (χ3n) is 2.36. The molecule has 1 rings (SSSR count). The van der Waals surface area contributed by atoms with Gasteiger partial charge in [-0.1, -0.05) is 0 Å². The second kappa shape index (κ2) is 5.73. The summed E-state index contributed by atoms with van der Waals surface area (Å²) in [4.78, 5) is 6.59. The Morgan fingerprint density at radius 1 is 1.53 bits per heavy atom. The number of nitrogens with two attached hydrogens (primary N) is 1. The molecule has 8 nitrogen and oxygen atoms in total. The number of aliphatic hydroxyl groups is 4. The van der Waals surface area contributed by atoms with Gasteiger partial charge in [-0.05, 0) is 6.92 Å². The maximum Gasteiger partial charge on any atom is 0.153 e. The molecular formula is C9H16N4O4. The Balaban J connectivity index is 2.83. The van der Waals surface area contributed by atoms with Gasteiger partial charge in [0.2, 0.25) is 0 Å². The monoisotopic (exact) mass is 244 g/mol. The van der Waals surface area contributed by atoms with Crippen LogP contribution < -0.4 is 5.84 Å². The predicted molar refractivity (Wildman–Crippen MR) is 59.0 cm³/mol. The fraction of sp³-hybridized carbons (Fsp3) is 0.556. The van der Waals surface area contributed by atoms with Gasteiger partial charge < -0.3 is 31.3 Å². The van der Waals surface area contributed by atoms with E-state index in [2.05, 4.69) is 15.1 Å². The van der Waals surface area contributed by atoms with Gasteiger partial charge in [-0.25, -0.2) is 4.98 Å². The molecule has 1 heterocycles. The highest BCUT2D eigenvalue weighted by atomic mass is 16.4. The van der Waals surface area contributed by atoms with E-state index in [1.807, 2.05) is 0 Å². The van der Waals surface area contributed by atoms with E-state index in [-0.39, 0.29) is 5.69 Å². The first kappa shape index (κ1) is 13.6. The summed E-state index contributed by atoms with van der Waals surface area (Å²) in [7, 11) is 0. The van der Waals surface area contributed by atoms with Crippen molar-refractivity contribution in [2.75, 3.05) is 6.61 Å². The molecule has 0 saturated heterocycles. The average Bonchev–Trinajstić information content (AvgIpc) is 2.84. The van der Waals surface area contributed by atoms with Gasteiger partial charge >= 0.3 is 0 Å². The van der Waals surface area contributed by atoms with Crippen molar-refractivity contribution in [3.05, 3.63) is 17.7 Å². The Labute approximate surface area is 97.4 Å². The highest BCUT2D eigenvalue weighted by Gasteiger charge is 2.27. The molecular weight excluding hydrogens is 228 g/mol. The van der Waals surface area contributed by atoms with Crippen LogP contribution in [-0.4, -0.2) is 54.9 Å². The minimum atomic E-state index is -1.51. The molecule has 1 aromatic heterocycles. The summed E-state index contributed by atoms with van der Waals surface area (Å²) in [6.07, 6.45) is -3.03. The van der Waals surface area contributed by atoms with Crippen molar-refractivity contribution >= 4 is 5.71 Å². The molecule has 0 spiro atoms. The molecule has 96 valence electrons. The van der Waals surface area contributed by atoms with Gasteiger partial charge in [-0.2, -0.15) is 5.10 Å². The van der Waals surface area contributed by atoms with Crippen LogP contribution in [-0.2, 0) is 0 Å². The van der Waals surface area contributed by atoms with Gasteiger partial charge in [0.15, 0.2) is 5.82 Å². The minimum absolute atomic E-state index is 0.197. The topological polar surface area (TPSA) is 148 Å². The van der Waals surface area contributed by atoms with Crippen LogP contribution in [0.4, 0.5) is 0 Å². The fourth-order valence-electron chi connectivity index (χ4n) is 1.23. The number of aromatic amines is 1. The van der Waals surface area contributed by atoms with Crippen LogP contribution in [0.2, 0.25) is 0 Å². The SMILES string of the molecule is C/C(=N\N)c1ncc([C@@H](O)[C@H](O)[C@H](O)CO)[nH]1. The number of rotatable bonds is 5. The summed E-state index contributed by atoms with van der Waals surface area (Å²) >= 11 is 0. The first-order valence-corrected chi connectivity index (χ1v) is 4.96. The Morgan fingerprint density at radius 3 is 2.71 bits per heavy atom. The predicted octanol–water partition coefficient (Wildman–Crippen LogP) is -2.16. The molecule has 0 radical (unpaired) electrons. The molecule has 0 saturated carbocycles. The summed E-state index contributed by atoms with van der Waals surface area (Å²) in [6.45, 7) is 0.969. The van der Waals surface area contributed by atoms with E-state index in [9.17, 15) is 15.3 Å². The van der Waals surface area contributed by atoms with Crippen molar-refractivity contribution < 1.29 is 20.4 Å². The normalized spacial score (nSPS) is 17.8. The number of imidazole rings is 1. The number of aromatic nitrogens is 2. The number of hydrogen-bond acceptors (Lipinski definition) is 7. The number of nitrogens with zero attached hydrogens (tertiary/aromatic N) is 2. The Bertz CT molecular complexity index is 392. The maximum absolute atomic E-state index is 9.69. The second-order valence-electron chi connectivity index (χ2n) is 3.59. The standard InChI is InChI=1S/C9H16N4O4/c1-4(13-10)9-11-2-5(12-9)7(16)8(17)6(15)3-14/h2,6-8,14-17H,3,10H2,1H3,(H,11,12)/b13-4+/t6-,7-,8-/m1/s1. The minimum Gasteiger partial charge on any atom is -0.394 e. The third-order valence-corrected chi connectivity index (χ3v) is 2.36. The Kier molecular flexibility index (Phi) is 4.58. The van der Waals surface area contributed by atoms with Crippen molar-refractivity contribution in [2.24, 2.45) is 10.9 Å². The van der Waals surface area contributed by atoms with E-state index in [1.54, 1.807) is 6.92 Å². The van der Waals surface area contributed by atoms with Crippen LogP contribution in [0, 0.1) is 0 Å². The Morgan fingerprint density at radius 2 is 2.18 bits per heavy atom. The zero-order valence-electron chi connectivity index (χ0n) is 9.28. The quantitative estimate of drug-likeness (QED) is 0.197. The molecule has 3 atom stereocenters. The van der Waals surface area contributed by atoms with E-state index in [0.717, 1.165) is 0 Å². The lowest BCUT2D eigenvalue weighted by Crippen LogP contribution is -2.34. The van der Waals surface area contributed by atoms with Crippen molar-refractivity contribution in [1.29, 1.82) is 0 Å². The van der Waals surface area contributed by atoms with Gasteiger partial charge in [0.05, 0.1) is 24.2 Å². The molecule has 0 aliphatic heterocycles. The zero-order valence-corrected chi connectivity index (χ0v) is 9.28. The first-order chi connectivity index (χ1) is 8.01. The zero-order chi connectivity index (χ0) is 13.0. The van der Waals surface area contributed by atoms with Crippen LogP contribution in [0.1, 0.15) is 24.5 Å². The number of H-pyrrole nitrogens is 1. The molecule has 0 amide bonds. The number of hydrogen-bond donors (Lipinski definition) is 6. The van der Waals surface area contributed by atoms with Crippen molar-refractivity contribution in [3.8, 4) is 0 Å². The van der Waals surface area contributed by atoms with E-state index >= 15 is 0 Å². The average molecular weight is 244 g/mol. The highest BCUT2D eigenvalue weighted by Crippen LogP contribution is 2.17. The molecule has 0 bridgehead atoms. The van der Waals surface area contributed by atoms with E-state index in [1.165, 1.54) is 6.20 Å². The summed E-state index contributed by atoms with van der Waals surface area (Å²) in [5.41, 5.74) is 0.628. The molecule has 7 N–H and O–H groups in total. The van der Waals surface area contributed by atoms with Crippen LogP contribution >= 0.6 is 0 Å². The first-order valence-electron chi connectivity index (χ1n) is 4.96. The number of hydrazone groups is 1. The summed E-state index contributed by atoms with van der Waals surface area (Å²) in [5.74, 6) is 5.42. The molecule has 8 heteroatoms. The highest BCUT2D eigenvalue weighted by molar-refractivity contribution is 5.95. The van der Waals surface area contributed by atoms with Gasteiger partial charge in [-0.3, -0.25) is 0 Å². The summed E-state index contributed by atoms with van der Waals surface area (Å²) < 4.78 is 0. The number of aliphatic hydroxyl groups excluding tert-OH is 4. The van der Waals surface area contributed by atoms with Crippen LogP contribution in [0.3, 0.4) is 0 Å². The van der Waals surface area contributed by atoms with Gasteiger partial charge in [-0.15, -0.1) is 0 Å². The molecule has 0 fully saturated rings. The maximum atomic E-state index is 9.69. The second-order valence-corrected chi connectivity index (χ2v) is 3.59. The van der Waals surface area contributed by atoms with Gasteiger partial charge in [0, 0.05) is 0 Å². The lowest BCUT2D eigenvalue weighted by atomic mass is 10.1. The fourth-order valence-corrected chi connectivity index (χ4v) is 1.23. The van der Waals surface area contributed by atoms with Crippen molar-refractivity contribution in [3.63, 3.8) is 0 Å². The van der Waals surface area contributed by atoms with E-state index in [0.29, 0.717) is 11.5 Å². The smallest absolute Gasteiger partial charge is 0.153 e. The lowest BCUT2D eigenvalue weighted by molar-refractivity contribution is -0.0788. The Hall–Kier alpha value is -1.48. The lowest BCUT2D eigenvalue weighted by Gasteiger charge is -2.20. The van der Waals surface area contributed by atoms with Crippen molar-refractivity contribution in [2.45, 2.75) is 25.2 Å². The largest absolute Gasteiger partial charge is 0.394 e. The third kappa shape index (κ3) is 3.01. The van der Waals surface area contributed by atoms with Gasteiger partial charge in [0.1, 0.15) is 18.3 Å². The van der Waals surface area contributed by atoms with E-state index < -0.39 is 24.9 Å². The summed E-state index contributed by atoms with van der Waals surface area (Å²) in [6, 6.07) is 0. The number of nitrogens with one attached hydrogen (secondary N) is 1. The molecule has 0 aliphatic carbocycles.